The number of hydrogen-bond donors (Lipinski definition) is 1. The van der Waals surface area contributed by atoms with Crippen LogP contribution in [0.25, 0.3) is 10.9 Å². The maximum Gasteiger partial charge on any atom is 0.328 e. The molecule has 1 aromatic heterocycles. The number of aromatic nitrogens is 1. The van der Waals surface area contributed by atoms with Gasteiger partial charge in [0.2, 0.25) is 5.91 Å². The van der Waals surface area contributed by atoms with Crippen LogP contribution < -0.4 is 10.2 Å². The number of fused-ring (bicyclic) bond motifs is 1. The average Bonchev–Trinajstić information content (AvgIpc) is 2.74. The first-order valence-electron chi connectivity index (χ1n) is 5.93. The molecule has 98 valence electrons. The summed E-state index contributed by atoms with van der Waals surface area (Å²) in [4.78, 5) is 24.7. The van der Waals surface area contributed by atoms with Gasteiger partial charge in [0.1, 0.15) is 0 Å². The number of aryl methyl sites for hydroxylation is 1. The molecule has 2 aromatic rings. The van der Waals surface area contributed by atoms with Crippen LogP contribution in [-0.4, -0.2) is 23.1 Å². The molecule has 0 bridgehead atoms. The number of nitrogens with zero attached hydrogens (tertiary/aromatic N) is 2. The molecule has 0 aliphatic carbocycles. The van der Waals surface area contributed by atoms with E-state index in [0.29, 0.717) is 13.0 Å². The van der Waals surface area contributed by atoms with Crippen LogP contribution >= 0.6 is 15.9 Å². The van der Waals surface area contributed by atoms with E-state index in [2.05, 4.69) is 21.2 Å². The van der Waals surface area contributed by atoms with Gasteiger partial charge in [-0.2, -0.15) is 0 Å². The number of halogens is 1. The fraction of sp³-hybridized carbons (Fsp3) is 0.231. The van der Waals surface area contributed by atoms with E-state index in [1.807, 2.05) is 36.0 Å². The number of imide groups is 1. The summed E-state index contributed by atoms with van der Waals surface area (Å²) in [6, 6.07) is 5.42. The van der Waals surface area contributed by atoms with Gasteiger partial charge < -0.3 is 4.57 Å². The number of anilines is 1. The minimum absolute atomic E-state index is 0.220. The molecule has 0 unspecified atom stereocenters. The predicted molar refractivity (Wildman–Crippen MR) is 76.1 cm³/mol. The molecule has 3 rings (SSSR count). The zero-order chi connectivity index (χ0) is 13.6. The van der Waals surface area contributed by atoms with Crippen LogP contribution in [-0.2, 0) is 11.8 Å². The highest BCUT2D eigenvalue weighted by Crippen LogP contribution is 2.33. The van der Waals surface area contributed by atoms with Crippen molar-refractivity contribution in [2.24, 2.45) is 7.05 Å². The van der Waals surface area contributed by atoms with Gasteiger partial charge in [-0.1, -0.05) is 0 Å². The fourth-order valence-corrected chi connectivity index (χ4v) is 3.01. The van der Waals surface area contributed by atoms with Gasteiger partial charge in [-0.15, -0.1) is 0 Å². The highest BCUT2D eigenvalue weighted by atomic mass is 79.9. The number of benzene rings is 1. The summed E-state index contributed by atoms with van der Waals surface area (Å²) in [6.07, 6.45) is 2.28. The second-order valence-electron chi connectivity index (χ2n) is 4.51. The minimum Gasteiger partial charge on any atom is -0.350 e. The molecule has 0 saturated carbocycles. The van der Waals surface area contributed by atoms with Crippen LogP contribution in [0.1, 0.15) is 6.42 Å². The first-order chi connectivity index (χ1) is 9.08. The largest absolute Gasteiger partial charge is 0.350 e. The van der Waals surface area contributed by atoms with Gasteiger partial charge in [0, 0.05) is 36.1 Å². The lowest BCUT2D eigenvalue weighted by Crippen LogP contribution is -2.49. The van der Waals surface area contributed by atoms with Gasteiger partial charge in [0.05, 0.1) is 11.2 Å². The van der Waals surface area contributed by atoms with Crippen molar-refractivity contribution in [1.82, 2.24) is 9.88 Å². The van der Waals surface area contributed by atoms with Gasteiger partial charge in [0.15, 0.2) is 0 Å². The Bertz CT molecular complexity index is 692. The summed E-state index contributed by atoms with van der Waals surface area (Å²) in [6.45, 7) is 0.413. The summed E-state index contributed by atoms with van der Waals surface area (Å²) in [7, 11) is 1.96. The van der Waals surface area contributed by atoms with E-state index < -0.39 is 0 Å². The number of amides is 3. The molecule has 1 fully saturated rings. The number of urea groups is 1. The zero-order valence-corrected chi connectivity index (χ0v) is 11.9. The molecule has 0 radical (unpaired) electrons. The maximum absolute atomic E-state index is 11.9. The fourth-order valence-electron chi connectivity index (χ4n) is 2.38. The van der Waals surface area contributed by atoms with Crippen molar-refractivity contribution in [1.29, 1.82) is 0 Å². The van der Waals surface area contributed by atoms with Crippen LogP contribution in [0, 0.1) is 0 Å². The minimum atomic E-state index is -0.358. The van der Waals surface area contributed by atoms with Gasteiger partial charge in [-0.3, -0.25) is 15.0 Å². The molecule has 1 aliphatic heterocycles. The molecule has 6 heteroatoms. The highest BCUT2D eigenvalue weighted by Gasteiger charge is 2.26. The lowest BCUT2D eigenvalue weighted by Gasteiger charge is -2.27. The molecular formula is C13H12BrN3O2. The standard InChI is InChI=1S/C13H12BrN3O2/c1-16-6-4-8-10(3-2-9(14)12(8)16)17-7-5-11(18)15-13(17)19/h2-4,6H,5,7H2,1H3,(H,15,18,19). The lowest BCUT2D eigenvalue weighted by atomic mass is 10.1. The summed E-state index contributed by atoms with van der Waals surface area (Å²) >= 11 is 3.52. The molecule has 19 heavy (non-hydrogen) atoms. The summed E-state index contributed by atoms with van der Waals surface area (Å²) in [5.41, 5.74) is 1.85. The molecule has 0 atom stereocenters. The Morgan fingerprint density at radius 2 is 2.05 bits per heavy atom. The van der Waals surface area contributed by atoms with Crippen molar-refractivity contribution >= 4 is 44.5 Å². The number of hydrogen-bond acceptors (Lipinski definition) is 2. The van der Waals surface area contributed by atoms with E-state index >= 15 is 0 Å². The molecular weight excluding hydrogens is 310 g/mol. The van der Waals surface area contributed by atoms with Gasteiger partial charge in [-0.05, 0) is 34.1 Å². The number of carbonyl (C=O) groups is 2. The third kappa shape index (κ3) is 1.92. The predicted octanol–water partition coefficient (Wildman–Crippen LogP) is 2.39. The lowest BCUT2D eigenvalue weighted by molar-refractivity contribution is -0.120. The van der Waals surface area contributed by atoms with E-state index in [0.717, 1.165) is 21.1 Å². The molecule has 0 spiro atoms. The average molecular weight is 322 g/mol. The van der Waals surface area contributed by atoms with Gasteiger partial charge >= 0.3 is 6.03 Å². The highest BCUT2D eigenvalue weighted by molar-refractivity contribution is 9.10. The third-order valence-electron chi connectivity index (χ3n) is 3.31. The Morgan fingerprint density at radius 3 is 2.79 bits per heavy atom. The summed E-state index contributed by atoms with van der Waals surface area (Å²) in [5.74, 6) is -0.220. The van der Waals surface area contributed by atoms with E-state index in [-0.39, 0.29) is 11.9 Å². The normalized spacial score (nSPS) is 16.0. The van der Waals surface area contributed by atoms with Gasteiger partial charge in [-0.25, -0.2) is 4.79 Å². The van der Waals surface area contributed by atoms with Crippen LogP contribution in [0.3, 0.4) is 0 Å². The van der Waals surface area contributed by atoms with E-state index in [9.17, 15) is 9.59 Å². The van der Waals surface area contributed by atoms with Crippen molar-refractivity contribution in [3.63, 3.8) is 0 Å². The Morgan fingerprint density at radius 1 is 1.26 bits per heavy atom. The first-order valence-corrected chi connectivity index (χ1v) is 6.72. The monoisotopic (exact) mass is 321 g/mol. The third-order valence-corrected chi connectivity index (χ3v) is 3.95. The molecule has 1 N–H and O–H groups in total. The zero-order valence-electron chi connectivity index (χ0n) is 10.3. The first kappa shape index (κ1) is 12.2. The van der Waals surface area contributed by atoms with Crippen LogP contribution in [0.2, 0.25) is 0 Å². The SMILES string of the molecule is Cn1ccc2c(N3CCC(=O)NC3=O)ccc(Br)c21. The number of nitrogens with one attached hydrogen (secondary N) is 1. The summed E-state index contributed by atoms with van der Waals surface area (Å²) in [5, 5.41) is 3.33. The molecule has 1 aromatic carbocycles. The van der Waals surface area contributed by atoms with Crippen LogP contribution in [0.5, 0.6) is 0 Å². The van der Waals surface area contributed by atoms with Crippen LogP contribution in [0.15, 0.2) is 28.9 Å². The van der Waals surface area contributed by atoms with Crippen molar-refractivity contribution in [2.75, 3.05) is 11.4 Å². The van der Waals surface area contributed by atoms with Crippen LogP contribution in [0.4, 0.5) is 10.5 Å². The van der Waals surface area contributed by atoms with Crippen molar-refractivity contribution in [3.05, 3.63) is 28.9 Å². The van der Waals surface area contributed by atoms with E-state index in [1.54, 1.807) is 4.90 Å². The Kier molecular flexibility index (Phi) is 2.82. The Balaban J connectivity index is 2.13. The van der Waals surface area contributed by atoms with Crippen molar-refractivity contribution in [3.8, 4) is 0 Å². The van der Waals surface area contributed by atoms with Crippen molar-refractivity contribution in [2.45, 2.75) is 6.42 Å². The van der Waals surface area contributed by atoms with Crippen molar-refractivity contribution < 1.29 is 9.59 Å². The molecule has 1 aliphatic rings. The van der Waals surface area contributed by atoms with E-state index in [1.165, 1.54) is 0 Å². The van der Waals surface area contributed by atoms with E-state index in [4.69, 9.17) is 0 Å². The molecule has 3 amide bonds. The molecule has 1 saturated heterocycles. The summed E-state index contributed by atoms with van der Waals surface area (Å²) < 4.78 is 2.97. The second-order valence-corrected chi connectivity index (χ2v) is 5.36. The number of carbonyl (C=O) groups excluding carboxylic acids is 2. The maximum atomic E-state index is 11.9. The molecule has 2 heterocycles. The van der Waals surface area contributed by atoms with Gasteiger partial charge in [0.25, 0.3) is 0 Å². The topological polar surface area (TPSA) is 54.3 Å². The number of rotatable bonds is 1. The Hall–Kier alpha value is -1.82. The smallest absolute Gasteiger partial charge is 0.328 e. The Labute approximate surface area is 118 Å². The second kappa shape index (κ2) is 4.38. The quantitative estimate of drug-likeness (QED) is 0.876. The molecule has 5 nitrogen and oxygen atoms in total.